The van der Waals surface area contributed by atoms with E-state index in [0.717, 1.165) is 19.3 Å². The predicted octanol–water partition coefficient (Wildman–Crippen LogP) is 5.22. The van der Waals surface area contributed by atoms with Gasteiger partial charge in [-0.05, 0) is 20.3 Å². The molecule has 0 saturated carbocycles. The van der Waals surface area contributed by atoms with Crippen LogP contribution in [0, 0.1) is 12.3 Å². The Hall–Kier alpha value is -0.530. The van der Waals surface area contributed by atoms with Gasteiger partial charge in [-0.3, -0.25) is 4.79 Å². The van der Waals surface area contributed by atoms with Crippen LogP contribution in [0.3, 0.4) is 0 Å². The Morgan fingerprint density at radius 3 is 1.67 bits per heavy atom. The Kier molecular flexibility index (Phi) is 10.1. The van der Waals surface area contributed by atoms with Crippen molar-refractivity contribution in [2.24, 2.45) is 5.41 Å². The predicted molar refractivity (Wildman–Crippen MR) is 77.6 cm³/mol. The number of hydrogen-bond acceptors (Lipinski definition) is 1. The van der Waals surface area contributed by atoms with Crippen molar-refractivity contribution in [3.63, 3.8) is 0 Å². The van der Waals surface area contributed by atoms with Crippen LogP contribution in [0.2, 0.25) is 0 Å². The zero-order valence-electron chi connectivity index (χ0n) is 12.3. The molecule has 0 saturated heterocycles. The van der Waals surface area contributed by atoms with Gasteiger partial charge >= 0.3 is 5.97 Å². The minimum absolute atomic E-state index is 0.547. The molecule has 0 atom stereocenters. The molecular formula is C16H31O2. The van der Waals surface area contributed by atoms with Crippen LogP contribution < -0.4 is 0 Å². The summed E-state index contributed by atoms with van der Waals surface area (Å²) < 4.78 is 0. The molecule has 1 N–H and O–H groups in total. The maximum Gasteiger partial charge on any atom is 0.309 e. The second-order valence-corrected chi connectivity index (χ2v) is 5.97. The third-order valence-corrected chi connectivity index (χ3v) is 3.63. The summed E-state index contributed by atoms with van der Waals surface area (Å²) in [5.41, 5.74) is -0.547. The summed E-state index contributed by atoms with van der Waals surface area (Å²) in [6.45, 7) is 7.48. The van der Waals surface area contributed by atoms with Crippen LogP contribution in [0.1, 0.15) is 84.5 Å². The number of carboxylic acid groups (broad SMARTS) is 1. The van der Waals surface area contributed by atoms with E-state index in [-0.39, 0.29) is 0 Å². The molecule has 0 fully saturated rings. The Labute approximate surface area is 113 Å². The second-order valence-electron chi connectivity index (χ2n) is 5.97. The molecule has 0 aliphatic carbocycles. The Morgan fingerprint density at radius 2 is 1.28 bits per heavy atom. The first-order chi connectivity index (χ1) is 8.50. The lowest BCUT2D eigenvalue weighted by molar-refractivity contribution is -0.147. The number of hydrogen-bond donors (Lipinski definition) is 1. The highest BCUT2D eigenvalue weighted by Gasteiger charge is 2.25. The molecule has 0 amide bonds. The molecule has 0 spiro atoms. The summed E-state index contributed by atoms with van der Waals surface area (Å²) >= 11 is 0. The van der Waals surface area contributed by atoms with Gasteiger partial charge in [0.25, 0.3) is 0 Å². The maximum absolute atomic E-state index is 10.9. The third kappa shape index (κ3) is 9.49. The van der Waals surface area contributed by atoms with Crippen LogP contribution in [0.5, 0.6) is 0 Å². The quantitative estimate of drug-likeness (QED) is 0.485. The van der Waals surface area contributed by atoms with E-state index in [9.17, 15) is 4.79 Å². The van der Waals surface area contributed by atoms with E-state index in [2.05, 4.69) is 6.92 Å². The summed E-state index contributed by atoms with van der Waals surface area (Å²) in [5, 5.41) is 8.98. The molecular weight excluding hydrogens is 224 g/mol. The van der Waals surface area contributed by atoms with E-state index in [1.807, 2.05) is 13.8 Å². The fourth-order valence-electron chi connectivity index (χ4n) is 2.09. The summed E-state index contributed by atoms with van der Waals surface area (Å²) in [6, 6.07) is 0. The van der Waals surface area contributed by atoms with Crippen LogP contribution in [-0.4, -0.2) is 11.1 Å². The summed E-state index contributed by atoms with van der Waals surface area (Å²) in [7, 11) is 0. The van der Waals surface area contributed by atoms with Crippen molar-refractivity contribution in [2.75, 3.05) is 0 Å². The van der Waals surface area contributed by atoms with Crippen molar-refractivity contribution in [3.05, 3.63) is 6.92 Å². The summed E-state index contributed by atoms with van der Waals surface area (Å²) in [4.78, 5) is 10.9. The highest BCUT2D eigenvalue weighted by Crippen LogP contribution is 2.24. The van der Waals surface area contributed by atoms with Crippen molar-refractivity contribution in [3.8, 4) is 0 Å². The fraction of sp³-hybridized carbons (Fsp3) is 0.875. The smallest absolute Gasteiger partial charge is 0.309 e. The first-order valence-electron chi connectivity index (χ1n) is 7.53. The molecule has 0 aliphatic heterocycles. The van der Waals surface area contributed by atoms with Crippen LogP contribution in [0.4, 0.5) is 0 Å². The lowest BCUT2D eigenvalue weighted by Crippen LogP contribution is -2.23. The molecule has 107 valence electrons. The Bertz CT molecular complexity index is 209. The van der Waals surface area contributed by atoms with E-state index < -0.39 is 11.4 Å². The van der Waals surface area contributed by atoms with E-state index in [0.29, 0.717) is 0 Å². The fourth-order valence-corrected chi connectivity index (χ4v) is 2.09. The zero-order valence-corrected chi connectivity index (χ0v) is 12.3. The molecule has 0 bridgehead atoms. The first-order valence-corrected chi connectivity index (χ1v) is 7.53. The minimum atomic E-state index is -0.673. The molecule has 2 nitrogen and oxygen atoms in total. The highest BCUT2D eigenvalue weighted by molar-refractivity contribution is 5.73. The SMILES string of the molecule is [CH2]CCCCCCCCCCCC(C)(C)C(=O)O. The molecule has 0 rings (SSSR count). The number of unbranched alkanes of at least 4 members (excludes halogenated alkanes) is 9. The van der Waals surface area contributed by atoms with Gasteiger partial charge in [-0.1, -0.05) is 71.1 Å². The summed E-state index contributed by atoms with van der Waals surface area (Å²) in [5.74, 6) is -0.673. The zero-order chi connectivity index (χ0) is 13.9. The number of rotatable bonds is 12. The van der Waals surface area contributed by atoms with Gasteiger partial charge in [0.05, 0.1) is 5.41 Å². The van der Waals surface area contributed by atoms with Gasteiger partial charge in [-0.2, -0.15) is 0 Å². The van der Waals surface area contributed by atoms with Gasteiger partial charge in [0.15, 0.2) is 0 Å². The normalized spacial score (nSPS) is 11.7. The molecule has 0 aromatic rings. The van der Waals surface area contributed by atoms with Crippen LogP contribution in [0.25, 0.3) is 0 Å². The van der Waals surface area contributed by atoms with Gasteiger partial charge in [0.2, 0.25) is 0 Å². The topological polar surface area (TPSA) is 37.3 Å². The van der Waals surface area contributed by atoms with E-state index >= 15 is 0 Å². The Balaban J connectivity index is 3.24. The molecule has 0 unspecified atom stereocenters. The lowest BCUT2D eigenvalue weighted by atomic mass is 9.87. The maximum atomic E-state index is 10.9. The van der Waals surface area contributed by atoms with E-state index in [1.165, 1.54) is 51.4 Å². The Morgan fingerprint density at radius 1 is 0.889 bits per heavy atom. The van der Waals surface area contributed by atoms with Gasteiger partial charge in [0.1, 0.15) is 0 Å². The number of carboxylic acids is 1. The minimum Gasteiger partial charge on any atom is -0.481 e. The largest absolute Gasteiger partial charge is 0.481 e. The van der Waals surface area contributed by atoms with E-state index in [1.54, 1.807) is 0 Å². The van der Waals surface area contributed by atoms with Gasteiger partial charge in [-0.15, -0.1) is 0 Å². The van der Waals surface area contributed by atoms with Crippen LogP contribution >= 0.6 is 0 Å². The van der Waals surface area contributed by atoms with Crippen molar-refractivity contribution >= 4 is 5.97 Å². The molecule has 1 radical (unpaired) electrons. The standard InChI is InChI=1S/C16H31O2/c1-4-5-6-7-8-9-10-11-12-13-14-16(2,3)15(17)18/h1,4-14H2,2-3H3,(H,17,18). The number of carbonyl (C=O) groups is 1. The third-order valence-electron chi connectivity index (χ3n) is 3.63. The average molecular weight is 255 g/mol. The molecule has 0 aromatic heterocycles. The van der Waals surface area contributed by atoms with Gasteiger partial charge < -0.3 is 5.11 Å². The number of aliphatic carboxylic acids is 1. The molecule has 2 heteroatoms. The molecule has 18 heavy (non-hydrogen) atoms. The second kappa shape index (κ2) is 10.4. The van der Waals surface area contributed by atoms with Crippen molar-refractivity contribution in [1.82, 2.24) is 0 Å². The first kappa shape index (κ1) is 17.5. The van der Waals surface area contributed by atoms with E-state index in [4.69, 9.17) is 5.11 Å². The monoisotopic (exact) mass is 255 g/mol. The van der Waals surface area contributed by atoms with Crippen molar-refractivity contribution < 1.29 is 9.90 Å². The molecule has 0 heterocycles. The van der Waals surface area contributed by atoms with Crippen molar-refractivity contribution in [1.29, 1.82) is 0 Å². The highest BCUT2D eigenvalue weighted by atomic mass is 16.4. The molecule has 0 aliphatic rings. The lowest BCUT2D eigenvalue weighted by Gasteiger charge is -2.18. The van der Waals surface area contributed by atoms with Crippen LogP contribution in [-0.2, 0) is 4.79 Å². The molecule has 0 aromatic carbocycles. The van der Waals surface area contributed by atoms with Gasteiger partial charge in [-0.25, -0.2) is 0 Å². The van der Waals surface area contributed by atoms with Gasteiger partial charge in [0, 0.05) is 0 Å². The van der Waals surface area contributed by atoms with Crippen LogP contribution in [0.15, 0.2) is 0 Å². The van der Waals surface area contributed by atoms with Crippen molar-refractivity contribution in [2.45, 2.75) is 84.5 Å². The average Bonchev–Trinajstić information content (AvgIpc) is 2.31. The summed E-state index contributed by atoms with van der Waals surface area (Å²) in [6.07, 6.45) is 13.3.